The minimum Gasteiger partial charge on any atom is -0.368 e. The molecular formula is C18H22N6S. The van der Waals surface area contributed by atoms with Crippen molar-refractivity contribution in [3.63, 3.8) is 0 Å². The molecule has 0 fully saturated rings. The lowest BCUT2D eigenvalue weighted by Gasteiger charge is -2.06. The molecule has 25 heavy (non-hydrogen) atoms. The van der Waals surface area contributed by atoms with E-state index in [1.807, 2.05) is 48.1 Å². The average Bonchev–Trinajstić information content (AvgIpc) is 3.17. The molecule has 1 aliphatic carbocycles. The van der Waals surface area contributed by atoms with Crippen molar-refractivity contribution in [3.8, 4) is 5.82 Å². The van der Waals surface area contributed by atoms with Gasteiger partial charge in [-0.1, -0.05) is 0 Å². The predicted octanol–water partition coefficient (Wildman–Crippen LogP) is 3.27. The molecule has 1 N–H and O–H groups in total. The minimum absolute atomic E-state index is 0.740. The van der Waals surface area contributed by atoms with Crippen LogP contribution in [0.1, 0.15) is 39.8 Å². The van der Waals surface area contributed by atoms with Crippen LogP contribution in [-0.2, 0) is 19.3 Å². The molecule has 130 valence electrons. The zero-order valence-corrected chi connectivity index (χ0v) is 15.4. The molecule has 0 saturated heterocycles. The highest BCUT2D eigenvalue weighted by Gasteiger charge is 2.14. The van der Waals surface area contributed by atoms with Crippen molar-refractivity contribution in [1.82, 2.24) is 25.0 Å². The molecule has 3 heterocycles. The first kappa shape index (κ1) is 16.2. The molecule has 0 aromatic carbocycles. The van der Waals surface area contributed by atoms with Crippen LogP contribution in [0.15, 0.2) is 18.2 Å². The summed E-state index contributed by atoms with van der Waals surface area (Å²) >= 11 is 1.88. The Morgan fingerprint density at radius 2 is 2.04 bits per heavy atom. The third-order valence-electron chi connectivity index (χ3n) is 4.41. The van der Waals surface area contributed by atoms with E-state index in [0.29, 0.717) is 0 Å². The summed E-state index contributed by atoms with van der Waals surface area (Å²) in [6, 6.07) is 5.92. The molecule has 6 nitrogen and oxygen atoms in total. The number of thiazole rings is 1. The van der Waals surface area contributed by atoms with E-state index in [9.17, 15) is 0 Å². The number of anilines is 1. The molecule has 7 heteroatoms. The van der Waals surface area contributed by atoms with E-state index in [1.54, 1.807) is 0 Å². The first-order chi connectivity index (χ1) is 12.2. The summed E-state index contributed by atoms with van der Waals surface area (Å²) in [5.41, 5.74) is 3.37. The number of rotatable bonds is 5. The summed E-state index contributed by atoms with van der Waals surface area (Å²) in [5.74, 6) is 1.52. The number of aromatic nitrogens is 5. The predicted molar refractivity (Wildman–Crippen MR) is 99.6 cm³/mol. The fraction of sp³-hybridized carbons (Fsp3) is 0.444. The fourth-order valence-corrected chi connectivity index (χ4v) is 4.36. The zero-order chi connectivity index (χ0) is 17.2. The number of nitrogens with one attached hydrogen (secondary N) is 1. The van der Waals surface area contributed by atoms with E-state index in [1.165, 1.54) is 34.8 Å². The summed E-state index contributed by atoms with van der Waals surface area (Å²) in [6.07, 6.45) is 5.88. The van der Waals surface area contributed by atoms with E-state index >= 15 is 0 Å². The number of aryl methyl sites for hydroxylation is 4. The van der Waals surface area contributed by atoms with E-state index in [4.69, 9.17) is 4.98 Å². The summed E-state index contributed by atoms with van der Waals surface area (Å²) in [6.45, 7) is 4.81. The summed E-state index contributed by atoms with van der Waals surface area (Å²) in [4.78, 5) is 6.27. The molecule has 0 radical (unpaired) electrons. The third kappa shape index (κ3) is 3.56. The highest BCUT2D eigenvalue weighted by molar-refractivity contribution is 7.11. The molecule has 3 aromatic rings. The quantitative estimate of drug-likeness (QED) is 0.761. The maximum absolute atomic E-state index is 4.78. The molecule has 0 bridgehead atoms. The lowest BCUT2D eigenvalue weighted by atomic mass is 10.0. The molecule has 1 aliphatic rings. The van der Waals surface area contributed by atoms with Gasteiger partial charge in [0.1, 0.15) is 5.82 Å². The van der Waals surface area contributed by atoms with Gasteiger partial charge < -0.3 is 5.32 Å². The van der Waals surface area contributed by atoms with E-state index in [-0.39, 0.29) is 0 Å². The SMILES string of the molecule is Cc1cc(C)n(-c2ccc(NCCc3nc4c(s3)CCCC4)nn2)n1. The second-order valence-corrected chi connectivity index (χ2v) is 7.65. The Kier molecular flexibility index (Phi) is 4.48. The molecular weight excluding hydrogens is 332 g/mol. The van der Waals surface area contributed by atoms with Gasteiger partial charge in [-0.05, 0) is 57.7 Å². The molecule has 0 saturated carbocycles. The van der Waals surface area contributed by atoms with Crippen LogP contribution in [-0.4, -0.2) is 31.5 Å². The van der Waals surface area contributed by atoms with E-state index in [0.717, 1.165) is 42.4 Å². The topological polar surface area (TPSA) is 68.5 Å². The van der Waals surface area contributed by atoms with E-state index < -0.39 is 0 Å². The smallest absolute Gasteiger partial charge is 0.176 e. The van der Waals surface area contributed by atoms with Gasteiger partial charge in [0.25, 0.3) is 0 Å². The van der Waals surface area contributed by atoms with Crippen LogP contribution in [0.2, 0.25) is 0 Å². The molecule has 0 amide bonds. The van der Waals surface area contributed by atoms with Gasteiger partial charge in [0.15, 0.2) is 5.82 Å². The van der Waals surface area contributed by atoms with Gasteiger partial charge in [0.05, 0.1) is 16.4 Å². The fourth-order valence-electron chi connectivity index (χ4n) is 3.20. The Hall–Kier alpha value is -2.28. The van der Waals surface area contributed by atoms with Crippen LogP contribution in [0.3, 0.4) is 0 Å². The Bertz CT molecular complexity index is 841. The number of nitrogens with zero attached hydrogens (tertiary/aromatic N) is 5. The molecule has 0 atom stereocenters. The normalized spacial score (nSPS) is 13.7. The highest BCUT2D eigenvalue weighted by atomic mass is 32.1. The van der Waals surface area contributed by atoms with Crippen LogP contribution in [0.4, 0.5) is 5.82 Å². The van der Waals surface area contributed by atoms with Gasteiger partial charge in [-0.15, -0.1) is 21.5 Å². The van der Waals surface area contributed by atoms with Gasteiger partial charge in [-0.2, -0.15) is 5.10 Å². The molecule has 0 aliphatic heterocycles. The minimum atomic E-state index is 0.740. The van der Waals surface area contributed by atoms with Crippen LogP contribution in [0.25, 0.3) is 5.82 Å². The summed E-state index contributed by atoms with van der Waals surface area (Å²) < 4.78 is 1.81. The molecule has 0 unspecified atom stereocenters. The Labute approximate surface area is 151 Å². The monoisotopic (exact) mass is 354 g/mol. The average molecular weight is 354 g/mol. The molecule has 0 spiro atoms. The Morgan fingerprint density at radius 3 is 2.76 bits per heavy atom. The van der Waals surface area contributed by atoms with Crippen molar-refractivity contribution < 1.29 is 0 Å². The van der Waals surface area contributed by atoms with Crippen LogP contribution in [0.5, 0.6) is 0 Å². The van der Waals surface area contributed by atoms with Gasteiger partial charge in [0, 0.05) is 23.5 Å². The van der Waals surface area contributed by atoms with Crippen molar-refractivity contribution >= 4 is 17.2 Å². The second kappa shape index (κ2) is 6.92. The van der Waals surface area contributed by atoms with Crippen LogP contribution in [0, 0.1) is 13.8 Å². The first-order valence-electron chi connectivity index (χ1n) is 8.78. The Balaban J connectivity index is 1.35. The van der Waals surface area contributed by atoms with Crippen LogP contribution < -0.4 is 5.32 Å². The third-order valence-corrected chi connectivity index (χ3v) is 5.63. The summed E-state index contributed by atoms with van der Waals surface area (Å²) in [5, 5.41) is 17.5. The van der Waals surface area contributed by atoms with Gasteiger partial charge in [0.2, 0.25) is 0 Å². The standard InChI is InChI=1S/C18H22N6S/c1-12-11-13(2)24(23-12)17-8-7-16(21-22-17)19-10-9-18-20-14-5-3-4-6-15(14)25-18/h7-8,11H,3-6,9-10H2,1-2H3,(H,19,21). The highest BCUT2D eigenvalue weighted by Crippen LogP contribution is 2.26. The van der Waals surface area contributed by atoms with Gasteiger partial charge in [-0.25, -0.2) is 9.67 Å². The van der Waals surface area contributed by atoms with Crippen molar-refractivity contribution in [2.24, 2.45) is 0 Å². The largest absolute Gasteiger partial charge is 0.368 e. The maximum Gasteiger partial charge on any atom is 0.176 e. The molecule has 3 aromatic heterocycles. The summed E-state index contributed by atoms with van der Waals surface area (Å²) in [7, 11) is 0. The van der Waals surface area contributed by atoms with Crippen molar-refractivity contribution in [2.45, 2.75) is 46.0 Å². The number of hydrogen-bond acceptors (Lipinski definition) is 6. The second-order valence-electron chi connectivity index (χ2n) is 6.48. The van der Waals surface area contributed by atoms with Crippen molar-refractivity contribution in [3.05, 3.63) is 45.2 Å². The first-order valence-corrected chi connectivity index (χ1v) is 9.59. The van der Waals surface area contributed by atoms with Gasteiger partial charge >= 0.3 is 0 Å². The zero-order valence-electron chi connectivity index (χ0n) is 14.6. The Morgan fingerprint density at radius 1 is 1.16 bits per heavy atom. The van der Waals surface area contributed by atoms with Gasteiger partial charge in [-0.3, -0.25) is 0 Å². The number of hydrogen-bond donors (Lipinski definition) is 1. The van der Waals surface area contributed by atoms with Crippen molar-refractivity contribution in [2.75, 3.05) is 11.9 Å². The number of fused-ring (bicyclic) bond motifs is 1. The maximum atomic E-state index is 4.78. The lowest BCUT2D eigenvalue weighted by molar-refractivity contribution is 0.680. The molecule has 4 rings (SSSR count). The van der Waals surface area contributed by atoms with Crippen molar-refractivity contribution in [1.29, 1.82) is 0 Å². The van der Waals surface area contributed by atoms with Crippen LogP contribution >= 0.6 is 11.3 Å². The lowest BCUT2D eigenvalue weighted by Crippen LogP contribution is -2.09. The van der Waals surface area contributed by atoms with E-state index in [2.05, 4.69) is 20.6 Å².